The maximum absolute atomic E-state index is 9.98. The van der Waals surface area contributed by atoms with Crippen LogP contribution in [0.4, 0.5) is 0 Å². The Bertz CT molecular complexity index is 411. The molecule has 112 valence electrons. The third-order valence-corrected chi connectivity index (χ3v) is 3.47. The van der Waals surface area contributed by atoms with Gasteiger partial charge in [-0.15, -0.1) is 0 Å². The van der Waals surface area contributed by atoms with Crippen molar-refractivity contribution in [1.29, 1.82) is 0 Å². The van der Waals surface area contributed by atoms with Gasteiger partial charge in [0.25, 0.3) is 0 Å². The zero-order valence-electron chi connectivity index (χ0n) is 11.2. The van der Waals surface area contributed by atoms with Crippen LogP contribution in [0.25, 0.3) is 0 Å². The van der Waals surface area contributed by atoms with Crippen molar-refractivity contribution in [1.82, 2.24) is 0 Å². The third-order valence-electron chi connectivity index (χ3n) is 3.47. The second-order valence-corrected chi connectivity index (χ2v) is 4.88. The van der Waals surface area contributed by atoms with Crippen molar-refractivity contribution in [3.8, 4) is 0 Å². The van der Waals surface area contributed by atoms with Crippen molar-refractivity contribution in [3.05, 3.63) is 35.9 Å². The van der Waals surface area contributed by atoms with Gasteiger partial charge in [0.15, 0.2) is 6.29 Å². The van der Waals surface area contributed by atoms with E-state index in [1.54, 1.807) is 6.92 Å². The molecule has 4 N–H and O–H groups in total. The Morgan fingerprint density at radius 3 is 2.40 bits per heavy atom. The molecule has 1 fully saturated rings. The summed E-state index contributed by atoms with van der Waals surface area (Å²) in [7, 11) is 0. The third kappa shape index (κ3) is 3.17. The van der Waals surface area contributed by atoms with Gasteiger partial charge in [0.1, 0.15) is 24.4 Å². The molecule has 6 heteroatoms. The van der Waals surface area contributed by atoms with E-state index < -0.39 is 37.3 Å². The Kier molecular flexibility index (Phi) is 5.09. The SMILES string of the molecule is CC(O[C@H]1C(O)O[C@H](CO)[C@H](O)[C@@H]1O)c1ccccc1. The lowest BCUT2D eigenvalue weighted by molar-refractivity contribution is -0.303. The van der Waals surface area contributed by atoms with Crippen LogP contribution >= 0.6 is 0 Å². The van der Waals surface area contributed by atoms with Crippen LogP contribution in [-0.4, -0.2) is 57.7 Å². The zero-order valence-corrected chi connectivity index (χ0v) is 11.2. The topological polar surface area (TPSA) is 99.4 Å². The number of hydrogen-bond donors (Lipinski definition) is 4. The summed E-state index contributed by atoms with van der Waals surface area (Å²) >= 11 is 0. The van der Waals surface area contributed by atoms with Gasteiger partial charge in [-0.25, -0.2) is 0 Å². The molecule has 1 aliphatic rings. The Labute approximate surface area is 117 Å². The Morgan fingerprint density at radius 2 is 1.80 bits per heavy atom. The highest BCUT2D eigenvalue weighted by Crippen LogP contribution is 2.27. The van der Waals surface area contributed by atoms with E-state index in [9.17, 15) is 15.3 Å². The van der Waals surface area contributed by atoms with Gasteiger partial charge in [-0.3, -0.25) is 0 Å². The standard InChI is InChI=1S/C14H20O6/c1-8(9-5-3-2-4-6-9)19-13-12(17)11(16)10(7-15)20-14(13)18/h2-6,8,10-18H,7H2,1H3/t8?,10-,11+,12+,13-,14?/m1/s1. The summed E-state index contributed by atoms with van der Waals surface area (Å²) in [6.45, 7) is 1.29. The van der Waals surface area contributed by atoms with Gasteiger partial charge in [0.05, 0.1) is 12.7 Å². The van der Waals surface area contributed by atoms with Crippen molar-refractivity contribution in [3.63, 3.8) is 0 Å². The first-order valence-electron chi connectivity index (χ1n) is 6.55. The number of aliphatic hydroxyl groups is 4. The highest BCUT2D eigenvalue weighted by molar-refractivity contribution is 5.17. The van der Waals surface area contributed by atoms with Gasteiger partial charge in [0.2, 0.25) is 0 Å². The van der Waals surface area contributed by atoms with Crippen molar-refractivity contribution >= 4 is 0 Å². The lowest BCUT2D eigenvalue weighted by Gasteiger charge is -2.40. The van der Waals surface area contributed by atoms with Crippen LogP contribution in [0, 0.1) is 0 Å². The lowest BCUT2D eigenvalue weighted by atomic mass is 9.99. The van der Waals surface area contributed by atoms with Crippen LogP contribution in [0.3, 0.4) is 0 Å². The number of hydrogen-bond acceptors (Lipinski definition) is 6. The summed E-state index contributed by atoms with van der Waals surface area (Å²) in [5.41, 5.74) is 0.880. The van der Waals surface area contributed by atoms with Crippen LogP contribution in [0.1, 0.15) is 18.6 Å². The van der Waals surface area contributed by atoms with E-state index in [0.29, 0.717) is 0 Å². The second-order valence-electron chi connectivity index (χ2n) is 4.88. The molecule has 2 unspecified atom stereocenters. The van der Waals surface area contributed by atoms with Gasteiger partial charge in [-0.1, -0.05) is 30.3 Å². The smallest absolute Gasteiger partial charge is 0.184 e. The molecule has 1 saturated heterocycles. The summed E-state index contributed by atoms with van der Waals surface area (Å²) in [5, 5.41) is 38.6. The highest BCUT2D eigenvalue weighted by atomic mass is 16.7. The van der Waals surface area contributed by atoms with Gasteiger partial charge < -0.3 is 29.9 Å². The van der Waals surface area contributed by atoms with Gasteiger partial charge in [0, 0.05) is 0 Å². The monoisotopic (exact) mass is 284 g/mol. The van der Waals surface area contributed by atoms with Crippen molar-refractivity contribution < 1.29 is 29.9 Å². The maximum Gasteiger partial charge on any atom is 0.184 e. The predicted octanol–water partition coefficient (Wildman–Crippen LogP) is -0.436. The van der Waals surface area contributed by atoms with E-state index in [-0.39, 0.29) is 6.10 Å². The van der Waals surface area contributed by atoms with E-state index in [0.717, 1.165) is 5.56 Å². The van der Waals surface area contributed by atoms with Crippen LogP contribution < -0.4 is 0 Å². The lowest BCUT2D eigenvalue weighted by Crippen LogP contribution is -2.59. The number of aliphatic hydroxyl groups excluding tert-OH is 4. The molecule has 0 saturated carbocycles. The van der Waals surface area contributed by atoms with Crippen molar-refractivity contribution in [2.24, 2.45) is 0 Å². The molecule has 1 aliphatic heterocycles. The Morgan fingerprint density at radius 1 is 1.15 bits per heavy atom. The average molecular weight is 284 g/mol. The Hall–Kier alpha value is -1.02. The summed E-state index contributed by atoms with van der Waals surface area (Å²) in [6.07, 6.45) is -6.53. The van der Waals surface area contributed by atoms with E-state index in [1.807, 2.05) is 30.3 Å². The highest BCUT2D eigenvalue weighted by Gasteiger charge is 2.44. The first-order chi connectivity index (χ1) is 9.54. The largest absolute Gasteiger partial charge is 0.394 e. The molecule has 0 radical (unpaired) electrons. The molecule has 0 bridgehead atoms. The van der Waals surface area contributed by atoms with E-state index in [1.165, 1.54) is 0 Å². The van der Waals surface area contributed by atoms with Crippen LogP contribution in [0.5, 0.6) is 0 Å². The quantitative estimate of drug-likeness (QED) is 0.598. The minimum atomic E-state index is -1.41. The fraction of sp³-hybridized carbons (Fsp3) is 0.571. The molecule has 1 heterocycles. The Balaban J connectivity index is 2.05. The van der Waals surface area contributed by atoms with Gasteiger partial charge in [-0.05, 0) is 12.5 Å². The summed E-state index contributed by atoms with van der Waals surface area (Å²) < 4.78 is 10.6. The molecule has 6 atom stereocenters. The average Bonchev–Trinajstić information content (AvgIpc) is 2.48. The fourth-order valence-corrected chi connectivity index (χ4v) is 2.26. The predicted molar refractivity (Wildman–Crippen MR) is 69.7 cm³/mol. The first kappa shape index (κ1) is 15.4. The molecule has 0 spiro atoms. The molecule has 6 nitrogen and oxygen atoms in total. The first-order valence-corrected chi connectivity index (χ1v) is 6.55. The van der Waals surface area contributed by atoms with Crippen molar-refractivity contribution in [2.75, 3.05) is 6.61 Å². The molecule has 1 aromatic carbocycles. The maximum atomic E-state index is 9.98. The molecule has 1 aromatic rings. The zero-order chi connectivity index (χ0) is 14.7. The van der Waals surface area contributed by atoms with Crippen LogP contribution in [0.2, 0.25) is 0 Å². The van der Waals surface area contributed by atoms with Gasteiger partial charge >= 0.3 is 0 Å². The van der Waals surface area contributed by atoms with Crippen LogP contribution in [0.15, 0.2) is 30.3 Å². The molecule has 0 amide bonds. The van der Waals surface area contributed by atoms with E-state index >= 15 is 0 Å². The molecule has 0 aliphatic carbocycles. The fourth-order valence-electron chi connectivity index (χ4n) is 2.26. The molecule has 2 rings (SSSR count). The summed E-state index contributed by atoms with van der Waals surface area (Å²) in [6, 6.07) is 9.31. The van der Waals surface area contributed by atoms with E-state index in [2.05, 4.69) is 0 Å². The summed E-state index contributed by atoms with van der Waals surface area (Å²) in [4.78, 5) is 0. The van der Waals surface area contributed by atoms with Crippen molar-refractivity contribution in [2.45, 2.75) is 43.7 Å². The molecule has 0 aromatic heterocycles. The molecular formula is C14H20O6. The normalized spacial score (nSPS) is 35.8. The molecule has 20 heavy (non-hydrogen) atoms. The second kappa shape index (κ2) is 6.62. The number of rotatable bonds is 4. The molecular weight excluding hydrogens is 264 g/mol. The minimum Gasteiger partial charge on any atom is -0.394 e. The minimum absolute atomic E-state index is 0.382. The number of ether oxygens (including phenoxy) is 2. The number of benzene rings is 1. The van der Waals surface area contributed by atoms with Crippen LogP contribution in [-0.2, 0) is 9.47 Å². The summed E-state index contributed by atoms with van der Waals surface area (Å²) in [5.74, 6) is 0. The van der Waals surface area contributed by atoms with E-state index in [4.69, 9.17) is 14.6 Å². The van der Waals surface area contributed by atoms with Gasteiger partial charge in [-0.2, -0.15) is 0 Å².